The van der Waals surface area contributed by atoms with Gasteiger partial charge in [0.2, 0.25) is 0 Å². The lowest BCUT2D eigenvalue weighted by atomic mass is 10.1. The minimum atomic E-state index is -4.99. The van der Waals surface area contributed by atoms with Crippen molar-refractivity contribution in [3.05, 3.63) is 17.3 Å². The van der Waals surface area contributed by atoms with E-state index in [9.17, 15) is 18.0 Å². The zero-order chi connectivity index (χ0) is 14.6. The summed E-state index contributed by atoms with van der Waals surface area (Å²) < 4.78 is 45.4. The molecular weight excluding hydrogens is 267 g/mol. The van der Waals surface area contributed by atoms with Crippen LogP contribution in [-0.2, 0) is 11.3 Å². The van der Waals surface area contributed by atoms with E-state index in [0.29, 0.717) is 0 Å². The minimum Gasteiger partial charge on any atom is -0.462 e. The number of alkyl halides is 3. The summed E-state index contributed by atoms with van der Waals surface area (Å²) >= 11 is 0. The van der Waals surface area contributed by atoms with E-state index in [0.717, 1.165) is 6.20 Å². The molecule has 0 saturated carbocycles. The molecule has 0 spiro atoms. The topological polar surface area (TPSA) is 100 Å². The molecule has 19 heavy (non-hydrogen) atoms. The number of nitrogens with two attached hydrogens (primary N) is 2. The van der Waals surface area contributed by atoms with Crippen molar-refractivity contribution in [2.45, 2.75) is 19.8 Å². The fourth-order valence-corrected chi connectivity index (χ4v) is 1.33. The van der Waals surface area contributed by atoms with Gasteiger partial charge in [-0.25, -0.2) is 9.78 Å². The van der Waals surface area contributed by atoms with Crippen LogP contribution in [-0.4, -0.2) is 23.9 Å². The van der Waals surface area contributed by atoms with E-state index < -0.39 is 23.6 Å². The Kier molecular flexibility index (Phi) is 4.54. The van der Waals surface area contributed by atoms with Crippen molar-refractivity contribution in [3.63, 3.8) is 0 Å². The van der Waals surface area contributed by atoms with Gasteiger partial charge in [0, 0.05) is 12.7 Å². The van der Waals surface area contributed by atoms with E-state index in [1.807, 2.05) is 0 Å². The van der Waals surface area contributed by atoms with Gasteiger partial charge >= 0.3 is 12.3 Å². The monoisotopic (exact) mass is 279 g/mol. The number of hydrogen-bond acceptors (Lipinski definition) is 6. The number of hydrogen-bond donors (Lipinski definition) is 2. The van der Waals surface area contributed by atoms with Gasteiger partial charge in [0.25, 0.3) is 0 Å². The van der Waals surface area contributed by atoms with Gasteiger partial charge in [-0.15, -0.1) is 13.2 Å². The lowest BCUT2D eigenvalue weighted by molar-refractivity contribution is -0.275. The predicted molar refractivity (Wildman–Crippen MR) is 59.2 cm³/mol. The summed E-state index contributed by atoms with van der Waals surface area (Å²) in [6.07, 6.45) is -4.13. The highest BCUT2D eigenvalue weighted by Gasteiger charge is 2.35. The molecule has 0 bridgehead atoms. The Hall–Kier alpha value is -2.03. The molecule has 1 aromatic heterocycles. The Balaban J connectivity index is 3.34. The van der Waals surface area contributed by atoms with Crippen molar-refractivity contribution in [2.75, 3.05) is 12.3 Å². The second-order valence-electron chi connectivity index (χ2n) is 3.34. The van der Waals surface area contributed by atoms with Crippen LogP contribution in [0.3, 0.4) is 0 Å². The number of nitrogens with zero attached hydrogens (tertiary/aromatic N) is 1. The maximum atomic E-state index is 12.3. The number of ether oxygens (including phenoxy) is 2. The first kappa shape index (κ1) is 15.0. The van der Waals surface area contributed by atoms with E-state index in [4.69, 9.17) is 11.5 Å². The molecule has 0 radical (unpaired) electrons. The number of anilines is 1. The number of carbonyl (C=O) groups excluding carboxylic acids is 1. The third kappa shape index (κ3) is 3.71. The van der Waals surface area contributed by atoms with Crippen LogP contribution in [0.1, 0.15) is 22.8 Å². The third-order valence-electron chi connectivity index (χ3n) is 2.08. The fraction of sp³-hybridized carbons (Fsp3) is 0.400. The molecule has 0 aliphatic rings. The summed E-state index contributed by atoms with van der Waals surface area (Å²) in [4.78, 5) is 15.1. The first-order valence-corrected chi connectivity index (χ1v) is 5.20. The molecule has 0 aliphatic carbocycles. The van der Waals surface area contributed by atoms with Crippen LogP contribution in [0.5, 0.6) is 5.75 Å². The van der Waals surface area contributed by atoms with Crippen LogP contribution in [0.15, 0.2) is 6.20 Å². The van der Waals surface area contributed by atoms with Gasteiger partial charge in [-0.2, -0.15) is 0 Å². The van der Waals surface area contributed by atoms with Crippen LogP contribution < -0.4 is 16.2 Å². The molecule has 0 unspecified atom stereocenters. The normalized spacial score (nSPS) is 11.2. The van der Waals surface area contributed by atoms with E-state index in [1.54, 1.807) is 0 Å². The molecule has 0 atom stereocenters. The summed E-state index contributed by atoms with van der Waals surface area (Å²) in [5, 5.41) is 0. The number of halogens is 3. The van der Waals surface area contributed by atoms with Gasteiger partial charge in [-0.05, 0) is 6.92 Å². The van der Waals surface area contributed by atoms with Crippen molar-refractivity contribution in [1.29, 1.82) is 0 Å². The number of carbonyl (C=O) groups is 1. The number of rotatable bonds is 4. The highest BCUT2D eigenvalue weighted by molar-refractivity contribution is 5.93. The SMILES string of the molecule is CCOC(=O)c1cnc(N)c(CN)c1OC(F)(F)F. The van der Waals surface area contributed by atoms with Gasteiger partial charge in [-0.3, -0.25) is 0 Å². The van der Waals surface area contributed by atoms with Crippen molar-refractivity contribution in [3.8, 4) is 5.75 Å². The Bertz CT molecular complexity index is 477. The zero-order valence-electron chi connectivity index (χ0n) is 9.95. The number of aromatic nitrogens is 1. The molecule has 1 heterocycles. The van der Waals surface area contributed by atoms with Gasteiger partial charge in [0.05, 0.1) is 12.2 Å². The first-order valence-electron chi connectivity index (χ1n) is 5.20. The van der Waals surface area contributed by atoms with Gasteiger partial charge in [0.1, 0.15) is 11.4 Å². The van der Waals surface area contributed by atoms with Gasteiger partial charge < -0.3 is 20.9 Å². The lowest BCUT2D eigenvalue weighted by Gasteiger charge is -2.16. The van der Waals surface area contributed by atoms with E-state index >= 15 is 0 Å². The molecule has 9 heteroatoms. The van der Waals surface area contributed by atoms with Crippen LogP contribution in [0.4, 0.5) is 19.0 Å². The first-order chi connectivity index (χ1) is 8.80. The number of esters is 1. The van der Waals surface area contributed by atoms with E-state index in [2.05, 4.69) is 14.5 Å². The Morgan fingerprint density at radius 1 is 1.47 bits per heavy atom. The number of nitrogen functional groups attached to an aromatic ring is 1. The number of pyridine rings is 1. The zero-order valence-corrected chi connectivity index (χ0v) is 9.95. The molecule has 0 aliphatic heterocycles. The van der Waals surface area contributed by atoms with Crippen LogP contribution in [0.25, 0.3) is 0 Å². The average Bonchev–Trinajstić information content (AvgIpc) is 2.27. The summed E-state index contributed by atoms with van der Waals surface area (Å²) in [6, 6.07) is 0. The Labute approximate surface area is 106 Å². The summed E-state index contributed by atoms with van der Waals surface area (Å²) in [6.45, 7) is 1.14. The highest BCUT2D eigenvalue weighted by Crippen LogP contribution is 2.32. The molecule has 6 nitrogen and oxygen atoms in total. The van der Waals surface area contributed by atoms with Crippen molar-refractivity contribution < 1.29 is 27.4 Å². The van der Waals surface area contributed by atoms with Crippen molar-refractivity contribution in [2.24, 2.45) is 5.73 Å². The average molecular weight is 279 g/mol. The second-order valence-corrected chi connectivity index (χ2v) is 3.34. The Morgan fingerprint density at radius 3 is 2.58 bits per heavy atom. The van der Waals surface area contributed by atoms with Gasteiger partial charge in [0.15, 0.2) is 5.75 Å². The molecule has 4 N–H and O–H groups in total. The smallest absolute Gasteiger partial charge is 0.462 e. The summed E-state index contributed by atoms with van der Waals surface area (Å²) in [7, 11) is 0. The lowest BCUT2D eigenvalue weighted by Crippen LogP contribution is -2.22. The van der Waals surface area contributed by atoms with Gasteiger partial charge in [-0.1, -0.05) is 0 Å². The molecular formula is C10H12F3N3O3. The van der Waals surface area contributed by atoms with E-state index in [1.165, 1.54) is 6.92 Å². The molecule has 1 rings (SSSR count). The van der Waals surface area contributed by atoms with Crippen molar-refractivity contribution in [1.82, 2.24) is 4.98 Å². The maximum absolute atomic E-state index is 12.3. The molecule has 1 aromatic rings. The van der Waals surface area contributed by atoms with E-state index in [-0.39, 0.29) is 24.5 Å². The Morgan fingerprint density at radius 2 is 2.11 bits per heavy atom. The standard InChI is InChI=1S/C10H12F3N3O3/c1-2-18-9(17)6-4-16-8(15)5(3-14)7(6)19-10(11,12)13/h4H,2-3,14H2,1H3,(H2,15,16). The minimum absolute atomic E-state index is 0.00732. The fourth-order valence-electron chi connectivity index (χ4n) is 1.33. The highest BCUT2D eigenvalue weighted by atomic mass is 19.4. The molecule has 0 fully saturated rings. The summed E-state index contributed by atoms with van der Waals surface area (Å²) in [5.41, 5.74) is 10.0. The molecule has 0 amide bonds. The van der Waals surface area contributed by atoms with Crippen LogP contribution in [0, 0.1) is 0 Å². The maximum Gasteiger partial charge on any atom is 0.573 e. The summed E-state index contributed by atoms with van der Waals surface area (Å²) in [5.74, 6) is -2.01. The largest absolute Gasteiger partial charge is 0.573 e. The molecule has 106 valence electrons. The third-order valence-corrected chi connectivity index (χ3v) is 2.08. The van der Waals surface area contributed by atoms with Crippen molar-refractivity contribution >= 4 is 11.8 Å². The van der Waals surface area contributed by atoms with Crippen LogP contribution >= 0.6 is 0 Å². The quantitative estimate of drug-likeness (QED) is 0.803. The predicted octanol–water partition coefficient (Wildman–Crippen LogP) is 1.20. The molecule has 0 saturated heterocycles. The second kappa shape index (κ2) is 5.74. The molecule has 0 aromatic carbocycles. The van der Waals surface area contributed by atoms with Crippen LogP contribution in [0.2, 0.25) is 0 Å².